The van der Waals surface area contributed by atoms with E-state index in [1.54, 1.807) is 24.3 Å². The Balaban J connectivity index is 1.83. The molecule has 0 aliphatic heterocycles. The first-order valence-electron chi connectivity index (χ1n) is 9.07. The van der Waals surface area contributed by atoms with Crippen LogP contribution in [0, 0.1) is 17.0 Å². The molecule has 2 aromatic carbocycles. The normalized spacial score (nSPS) is 10.4. The molecule has 9 heteroatoms. The van der Waals surface area contributed by atoms with Crippen LogP contribution in [0.5, 0.6) is 5.75 Å². The van der Waals surface area contributed by atoms with Gasteiger partial charge >= 0.3 is 5.69 Å². The first-order valence-corrected chi connectivity index (χ1v) is 9.07. The lowest BCUT2D eigenvalue weighted by Crippen LogP contribution is -2.10. The summed E-state index contributed by atoms with van der Waals surface area (Å²) < 4.78 is 5.40. The van der Waals surface area contributed by atoms with E-state index in [2.05, 4.69) is 20.6 Å². The highest BCUT2D eigenvalue weighted by Crippen LogP contribution is 2.31. The van der Waals surface area contributed by atoms with Gasteiger partial charge in [0.25, 0.3) is 0 Å². The first-order chi connectivity index (χ1) is 14.0. The zero-order valence-electron chi connectivity index (χ0n) is 16.2. The number of nitrogen functional groups attached to an aromatic ring is 1. The monoisotopic (exact) mass is 394 g/mol. The maximum absolute atomic E-state index is 11.5. The van der Waals surface area contributed by atoms with E-state index < -0.39 is 4.92 Å². The van der Waals surface area contributed by atoms with E-state index in [0.717, 1.165) is 11.1 Å². The number of aryl methyl sites for hydroxylation is 1. The van der Waals surface area contributed by atoms with Crippen LogP contribution in [-0.2, 0) is 6.54 Å². The summed E-state index contributed by atoms with van der Waals surface area (Å²) >= 11 is 0. The van der Waals surface area contributed by atoms with Gasteiger partial charge in [0.1, 0.15) is 5.75 Å². The van der Waals surface area contributed by atoms with Crippen LogP contribution in [0.3, 0.4) is 0 Å². The number of nitrogens with one attached hydrogen (secondary N) is 2. The second-order valence-corrected chi connectivity index (χ2v) is 6.31. The number of rotatable bonds is 8. The molecule has 1 aromatic heterocycles. The van der Waals surface area contributed by atoms with Gasteiger partial charge in [-0.15, -0.1) is 0 Å². The van der Waals surface area contributed by atoms with E-state index >= 15 is 0 Å². The minimum absolute atomic E-state index is 0.0121. The van der Waals surface area contributed by atoms with Crippen molar-refractivity contribution in [3.8, 4) is 5.75 Å². The van der Waals surface area contributed by atoms with Crippen LogP contribution in [-0.4, -0.2) is 21.5 Å². The summed E-state index contributed by atoms with van der Waals surface area (Å²) in [6, 6.07) is 15.0. The zero-order chi connectivity index (χ0) is 20.8. The Bertz CT molecular complexity index is 990. The van der Waals surface area contributed by atoms with E-state index in [0.29, 0.717) is 24.6 Å². The molecule has 4 N–H and O–H groups in total. The fourth-order valence-electron chi connectivity index (χ4n) is 2.64. The molecule has 0 atom stereocenters. The SMILES string of the molecule is CCOc1ccc(Nc2nc(NCc3ccc(C)cc3)nc(N)c2[N+](=O)[O-])cc1. The Morgan fingerprint density at radius 1 is 1.10 bits per heavy atom. The van der Waals surface area contributed by atoms with E-state index in [9.17, 15) is 10.1 Å². The topological polar surface area (TPSA) is 128 Å². The molecule has 3 aromatic rings. The maximum Gasteiger partial charge on any atom is 0.353 e. The van der Waals surface area contributed by atoms with Gasteiger partial charge in [-0.1, -0.05) is 29.8 Å². The van der Waals surface area contributed by atoms with Crippen molar-refractivity contribution in [1.82, 2.24) is 9.97 Å². The summed E-state index contributed by atoms with van der Waals surface area (Å²) in [4.78, 5) is 19.1. The smallest absolute Gasteiger partial charge is 0.353 e. The van der Waals surface area contributed by atoms with Crippen molar-refractivity contribution in [2.75, 3.05) is 23.0 Å². The summed E-state index contributed by atoms with van der Waals surface area (Å²) in [7, 11) is 0. The Hall–Kier alpha value is -3.88. The number of nitrogens with zero attached hydrogens (tertiary/aromatic N) is 3. The third kappa shape index (κ3) is 5.10. The van der Waals surface area contributed by atoms with E-state index in [-0.39, 0.29) is 23.3 Å². The molecular weight excluding hydrogens is 372 g/mol. The average Bonchev–Trinajstić information content (AvgIpc) is 2.69. The molecule has 0 radical (unpaired) electrons. The van der Waals surface area contributed by atoms with Crippen LogP contribution < -0.4 is 21.1 Å². The van der Waals surface area contributed by atoms with Crippen LogP contribution in [0.1, 0.15) is 18.1 Å². The van der Waals surface area contributed by atoms with Gasteiger partial charge in [0.15, 0.2) is 0 Å². The van der Waals surface area contributed by atoms with Crippen LogP contribution in [0.2, 0.25) is 0 Å². The molecule has 0 saturated carbocycles. The summed E-state index contributed by atoms with van der Waals surface area (Å²) in [5.41, 5.74) is 8.26. The highest BCUT2D eigenvalue weighted by atomic mass is 16.6. The molecule has 0 fully saturated rings. The minimum Gasteiger partial charge on any atom is -0.494 e. The van der Waals surface area contributed by atoms with Crippen molar-refractivity contribution in [2.45, 2.75) is 20.4 Å². The molecule has 150 valence electrons. The lowest BCUT2D eigenvalue weighted by atomic mass is 10.1. The van der Waals surface area contributed by atoms with E-state index in [1.165, 1.54) is 0 Å². The van der Waals surface area contributed by atoms with Crippen LogP contribution >= 0.6 is 0 Å². The van der Waals surface area contributed by atoms with Gasteiger partial charge in [-0.05, 0) is 43.7 Å². The molecular formula is C20H22N6O3. The van der Waals surface area contributed by atoms with Crippen LogP contribution in [0.25, 0.3) is 0 Å². The summed E-state index contributed by atoms with van der Waals surface area (Å²) in [5.74, 6) is 0.695. The number of nitrogens with two attached hydrogens (primary N) is 1. The van der Waals surface area contributed by atoms with Crippen molar-refractivity contribution < 1.29 is 9.66 Å². The number of aromatic nitrogens is 2. The Morgan fingerprint density at radius 3 is 2.41 bits per heavy atom. The van der Waals surface area contributed by atoms with Crippen molar-refractivity contribution in [2.24, 2.45) is 0 Å². The van der Waals surface area contributed by atoms with Gasteiger partial charge < -0.3 is 21.1 Å². The second kappa shape index (κ2) is 8.87. The molecule has 0 saturated heterocycles. The van der Waals surface area contributed by atoms with E-state index in [4.69, 9.17) is 10.5 Å². The minimum atomic E-state index is -0.601. The van der Waals surface area contributed by atoms with Crippen molar-refractivity contribution in [3.05, 3.63) is 69.8 Å². The lowest BCUT2D eigenvalue weighted by Gasteiger charge is -2.11. The maximum atomic E-state index is 11.5. The Morgan fingerprint density at radius 2 is 1.79 bits per heavy atom. The van der Waals surface area contributed by atoms with Gasteiger partial charge in [-0.3, -0.25) is 10.1 Å². The Kier molecular flexibility index (Phi) is 6.08. The van der Waals surface area contributed by atoms with Crippen molar-refractivity contribution >= 4 is 29.0 Å². The standard InChI is InChI=1S/C20H22N6O3/c1-3-29-16-10-8-15(9-11-16)23-19-17(26(27)28)18(21)24-20(25-19)22-12-14-6-4-13(2)5-7-14/h4-11H,3,12H2,1-2H3,(H4,21,22,23,24,25). The first kappa shape index (κ1) is 19.9. The predicted octanol–water partition coefficient (Wildman–Crippen LogP) is 4.03. The fourth-order valence-corrected chi connectivity index (χ4v) is 2.64. The van der Waals surface area contributed by atoms with Crippen LogP contribution in [0.15, 0.2) is 48.5 Å². The molecule has 0 aliphatic rings. The predicted molar refractivity (Wildman–Crippen MR) is 112 cm³/mol. The van der Waals surface area contributed by atoms with Gasteiger partial charge in [-0.25, -0.2) is 0 Å². The number of hydrogen-bond acceptors (Lipinski definition) is 8. The third-order valence-corrected chi connectivity index (χ3v) is 4.09. The number of nitro groups is 1. The van der Waals surface area contributed by atoms with Gasteiger partial charge in [-0.2, -0.15) is 9.97 Å². The summed E-state index contributed by atoms with van der Waals surface area (Å²) in [5, 5.41) is 17.5. The highest BCUT2D eigenvalue weighted by molar-refractivity contribution is 5.74. The molecule has 0 aliphatic carbocycles. The molecule has 29 heavy (non-hydrogen) atoms. The lowest BCUT2D eigenvalue weighted by molar-refractivity contribution is -0.383. The van der Waals surface area contributed by atoms with Gasteiger partial charge in [0.2, 0.25) is 17.6 Å². The number of ether oxygens (including phenoxy) is 1. The van der Waals surface area contributed by atoms with Gasteiger partial charge in [0, 0.05) is 12.2 Å². The molecule has 0 amide bonds. The number of hydrogen-bond donors (Lipinski definition) is 3. The number of anilines is 4. The summed E-state index contributed by atoms with van der Waals surface area (Å²) in [6.45, 7) is 4.91. The van der Waals surface area contributed by atoms with Crippen molar-refractivity contribution in [1.29, 1.82) is 0 Å². The third-order valence-electron chi connectivity index (χ3n) is 4.09. The molecule has 3 rings (SSSR count). The number of benzene rings is 2. The molecule has 1 heterocycles. The fraction of sp³-hybridized carbons (Fsp3) is 0.200. The zero-order valence-corrected chi connectivity index (χ0v) is 16.2. The Labute approximate surface area is 168 Å². The molecule has 0 spiro atoms. The van der Waals surface area contributed by atoms with E-state index in [1.807, 2.05) is 38.1 Å². The second-order valence-electron chi connectivity index (χ2n) is 6.31. The largest absolute Gasteiger partial charge is 0.494 e. The highest BCUT2D eigenvalue weighted by Gasteiger charge is 2.23. The van der Waals surface area contributed by atoms with Gasteiger partial charge in [0.05, 0.1) is 11.5 Å². The van der Waals surface area contributed by atoms with Crippen LogP contribution in [0.4, 0.5) is 29.0 Å². The molecule has 0 bridgehead atoms. The summed E-state index contributed by atoms with van der Waals surface area (Å²) in [6.07, 6.45) is 0. The molecule has 9 nitrogen and oxygen atoms in total. The molecule has 0 unspecified atom stereocenters. The van der Waals surface area contributed by atoms with Crippen molar-refractivity contribution in [3.63, 3.8) is 0 Å². The average molecular weight is 394 g/mol. The quantitative estimate of drug-likeness (QED) is 0.386.